The van der Waals surface area contributed by atoms with Gasteiger partial charge in [0.2, 0.25) is 0 Å². The Hall–Kier alpha value is -2.34. The van der Waals surface area contributed by atoms with Crippen LogP contribution in [0.15, 0.2) is 30.3 Å². The first kappa shape index (κ1) is 13.6. The summed E-state index contributed by atoms with van der Waals surface area (Å²) in [6, 6.07) is 9.41. The van der Waals surface area contributed by atoms with Crippen LogP contribution in [0.3, 0.4) is 0 Å². The number of methoxy groups -OCH3 is 1. The van der Waals surface area contributed by atoms with Crippen molar-refractivity contribution in [3.63, 3.8) is 0 Å². The van der Waals surface area contributed by atoms with Crippen molar-refractivity contribution < 1.29 is 14.3 Å². The van der Waals surface area contributed by atoms with Crippen molar-refractivity contribution in [2.24, 2.45) is 0 Å². The molecule has 0 aliphatic carbocycles. The number of ether oxygens (including phenoxy) is 2. The molecule has 2 aromatic rings. The Labute approximate surface area is 122 Å². The van der Waals surface area contributed by atoms with Gasteiger partial charge in [-0.25, -0.2) is 0 Å². The average molecular weight is 287 g/mol. The predicted octanol–water partition coefficient (Wildman–Crippen LogP) is 2.20. The number of nitrogens with zero attached hydrogens (tertiary/aromatic N) is 1. The highest BCUT2D eigenvalue weighted by molar-refractivity contribution is 5.94. The smallest absolute Gasteiger partial charge is 0.254 e. The minimum Gasteiger partial charge on any atom is -0.496 e. The Morgan fingerprint density at radius 3 is 3.10 bits per heavy atom. The number of aromatic amines is 1. The van der Waals surface area contributed by atoms with Crippen molar-refractivity contribution in [2.75, 3.05) is 19.0 Å². The lowest BCUT2D eigenvalue weighted by atomic mass is 10.1. The van der Waals surface area contributed by atoms with E-state index in [0.717, 1.165) is 29.8 Å². The SMILES string of the molecule is COc1ccccc1-c1cc(NC(=O)C2CCCO2)n[nH]1. The number of hydrogen-bond acceptors (Lipinski definition) is 4. The van der Waals surface area contributed by atoms with E-state index in [4.69, 9.17) is 9.47 Å². The predicted molar refractivity (Wildman–Crippen MR) is 78.2 cm³/mol. The number of benzene rings is 1. The molecule has 1 fully saturated rings. The van der Waals surface area contributed by atoms with Gasteiger partial charge in [-0.3, -0.25) is 9.89 Å². The molecule has 3 rings (SSSR count). The summed E-state index contributed by atoms with van der Waals surface area (Å²) < 4.78 is 10.7. The van der Waals surface area contributed by atoms with E-state index in [1.807, 2.05) is 24.3 Å². The van der Waals surface area contributed by atoms with E-state index >= 15 is 0 Å². The van der Waals surface area contributed by atoms with Crippen LogP contribution in [0, 0.1) is 0 Å². The molecule has 1 atom stereocenters. The third-order valence-electron chi connectivity index (χ3n) is 3.45. The van der Waals surface area contributed by atoms with Gasteiger partial charge in [-0.05, 0) is 25.0 Å². The number of rotatable bonds is 4. The first-order chi connectivity index (χ1) is 10.3. The van der Waals surface area contributed by atoms with Crippen molar-refractivity contribution in [3.05, 3.63) is 30.3 Å². The van der Waals surface area contributed by atoms with E-state index in [1.54, 1.807) is 13.2 Å². The number of nitrogens with one attached hydrogen (secondary N) is 2. The third kappa shape index (κ3) is 2.90. The molecule has 6 heteroatoms. The molecule has 1 saturated heterocycles. The second-order valence-corrected chi connectivity index (χ2v) is 4.86. The zero-order chi connectivity index (χ0) is 14.7. The van der Waals surface area contributed by atoms with Gasteiger partial charge in [0.1, 0.15) is 11.9 Å². The Kier molecular flexibility index (Phi) is 3.87. The van der Waals surface area contributed by atoms with Gasteiger partial charge in [0.25, 0.3) is 5.91 Å². The van der Waals surface area contributed by atoms with Gasteiger partial charge in [-0.15, -0.1) is 0 Å². The summed E-state index contributed by atoms with van der Waals surface area (Å²) in [5, 5.41) is 9.78. The van der Waals surface area contributed by atoms with Crippen LogP contribution in [0.1, 0.15) is 12.8 Å². The number of anilines is 1. The number of amides is 1. The average Bonchev–Trinajstić information content (AvgIpc) is 3.18. The van der Waals surface area contributed by atoms with Gasteiger partial charge < -0.3 is 14.8 Å². The highest BCUT2D eigenvalue weighted by Gasteiger charge is 2.24. The molecule has 1 aliphatic heterocycles. The Balaban J connectivity index is 1.75. The number of carbonyl (C=O) groups excluding carboxylic acids is 1. The van der Waals surface area contributed by atoms with Crippen LogP contribution >= 0.6 is 0 Å². The quantitative estimate of drug-likeness (QED) is 0.904. The zero-order valence-electron chi connectivity index (χ0n) is 11.8. The minimum atomic E-state index is -0.364. The molecule has 2 heterocycles. The second kappa shape index (κ2) is 5.97. The summed E-state index contributed by atoms with van der Waals surface area (Å²) >= 11 is 0. The molecule has 2 N–H and O–H groups in total. The monoisotopic (exact) mass is 287 g/mol. The van der Waals surface area contributed by atoms with Crippen molar-refractivity contribution >= 4 is 11.7 Å². The van der Waals surface area contributed by atoms with E-state index in [9.17, 15) is 4.79 Å². The number of hydrogen-bond donors (Lipinski definition) is 2. The zero-order valence-corrected chi connectivity index (χ0v) is 11.8. The minimum absolute atomic E-state index is 0.148. The van der Waals surface area contributed by atoms with Gasteiger partial charge in [-0.1, -0.05) is 12.1 Å². The van der Waals surface area contributed by atoms with E-state index in [2.05, 4.69) is 15.5 Å². The van der Waals surface area contributed by atoms with Crippen LogP contribution in [0.4, 0.5) is 5.82 Å². The molecule has 110 valence electrons. The molecule has 1 unspecified atom stereocenters. The lowest BCUT2D eigenvalue weighted by Gasteiger charge is -2.07. The maximum Gasteiger partial charge on any atom is 0.254 e. The third-order valence-corrected chi connectivity index (χ3v) is 3.45. The number of aromatic nitrogens is 2. The second-order valence-electron chi connectivity index (χ2n) is 4.86. The Bertz CT molecular complexity index is 633. The van der Waals surface area contributed by atoms with Crippen molar-refractivity contribution in [3.8, 4) is 17.0 Å². The summed E-state index contributed by atoms with van der Waals surface area (Å²) in [6.07, 6.45) is 1.32. The Morgan fingerprint density at radius 2 is 2.33 bits per heavy atom. The molecule has 1 aliphatic rings. The highest BCUT2D eigenvalue weighted by atomic mass is 16.5. The summed E-state index contributed by atoms with van der Waals surface area (Å²) in [4.78, 5) is 12.0. The topological polar surface area (TPSA) is 76.2 Å². The van der Waals surface area contributed by atoms with Gasteiger partial charge in [0, 0.05) is 18.2 Å². The molecule has 1 amide bonds. The largest absolute Gasteiger partial charge is 0.496 e. The van der Waals surface area contributed by atoms with Crippen molar-refractivity contribution in [1.29, 1.82) is 0 Å². The maximum atomic E-state index is 12.0. The van der Waals surface area contributed by atoms with Crippen LogP contribution in [-0.4, -0.2) is 35.9 Å². The fourth-order valence-corrected chi connectivity index (χ4v) is 2.38. The molecule has 0 bridgehead atoms. The van der Waals surface area contributed by atoms with Crippen LogP contribution in [0.2, 0.25) is 0 Å². The standard InChI is InChI=1S/C15H17N3O3/c1-20-12-6-3-2-5-10(12)11-9-14(18-17-11)16-15(19)13-7-4-8-21-13/h2-3,5-6,9,13H,4,7-8H2,1H3,(H2,16,17,18,19). The van der Waals surface area contributed by atoms with Crippen molar-refractivity contribution in [2.45, 2.75) is 18.9 Å². The molecular weight excluding hydrogens is 270 g/mol. The van der Waals surface area contributed by atoms with Gasteiger partial charge in [-0.2, -0.15) is 5.10 Å². The molecule has 0 spiro atoms. The van der Waals surface area contributed by atoms with E-state index < -0.39 is 0 Å². The van der Waals surface area contributed by atoms with Gasteiger partial charge in [0.05, 0.1) is 12.8 Å². The summed E-state index contributed by atoms with van der Waals surface area (Å²) in [5.74, 6) is 1.08. The molecule has 1 aromatic carbocycles. The van der Waals surface area contributed by atoms with Crippen LogP contribution in [0.25, 0.3) is 11.3 Å². The fourth-order valence-electron chi connectivity index (χ4n) is 2.38. The fraction of sp³-hybridized carbons (Fsp3) is 0.333. The van der Waals surface area contributed by atoms with Crippen molar-refractivity contribution in [1.82, 2.24) is 10.2 Å². The van der Waals surface area contributed by atoms with Gasteiger partial charge in [0.15, 0.2) is 5.82 Å². The summed E-state index contributed by atoms with van der Waals surface area (Å²) in [5.41, 5.74) is 1.68. The first-order valence-corrected chi connectivity index (χ1v) is 6.89. The molecule has 0 radical (unpaired) electrons. The van der Waals surface area contributed by atoms with E-state index in [-0.39, 0.29) is 12.0 Å². The van der Waals surface area contributed by atoms with Crippen LogP contribution in [0.5, 0.6) is 5.75 Å². The number of H-pyrrole nitrogens is 1. The Morgan fingerprint density at radius 1 is 1.48 bits per heavy atom. The molecular formula is C15H17N3O3. The van der Waals surface area contributed by atoms with E-state index in [0.29, 0.717) is 12.4 Å². The lowest BCUT2D eigenvalue weighted by molar-refractivity contribution is -0.124. The molecule has 0 saturated carbocycles. The molecule has 6 nitrogen and oxygen atoms in total. The van der Waals surface area contributed by atoms with E-state index in [1.165, 1.54) is 0 Å². The highest BCUT2D eigenvalue weighted by Crippen LogP contribution is 2.29. The normalized spacial score (nSPS) is 17.7. The number of carbonyl (C=O) groups is 1. The van der Waals surface area contributed by atoms with Crippen LogP contribution in [-0.2, 0) is 9.53 Å². The number of para-hydroxylation sites is 1. The van der Waals surface area contributed by atoms with Gasteiger partial charge >= 0.3 is 0 Å². The lowest BCUT2D eigenvalue weighted by Crippen LogP contribution is -2.26. The summed E-state index contributed by atoms with van der Waals surface area (Å²) in [6.45, 7) is 0.644. The summed E-state index contributed by atoms with van der Waals surface area (Å²) in [7, 11) is 1.62. The van der Waals surface area contributed by atoms with Crippen LogP contribution < -0.4 is 10.1 Å². The molecule has 1 aromatic heterocycles. The maximum absolute atomic E-state index is 12.0. The molecule has 21 heavy (non-hydrogen) atoms. The first-order valence-electron chi connectivity index (χ1n) is 6.89.